The van der Waals surface area contributed by atoms with E-state index in [4.69, 9.17) is 0 Å². The number of hydrogen-bond acceptors (Lipinski definition) is 2. The van der Waals surface area contributed by atoms with Gasteiger partial charge in [-0.3, -0.25) is 9.59 Å². The lowest BCUT2D eigenvalue weighted by Crippen LogP contribution is -2.40. The molecule has 0 saturated heterocycles. The average Bonchev–Trinajstić information content (AvgIpc) is 3.32. The molecule has 0 bridgehead atoms. The molecule has 1 aliphatic carbocycles. The van der Waals surface area contributed by atoms with Gasteiger partial charge in [0.2, 0.25) is 29.3 Å². The summed E-state index contributed by atoms with van der Waals surface area (Å²) in [4.78, 5) is 27.3. The summed E-state index contributed by atoms with van der Waals surface area (Å²) in [5.41, 5.74) is 3.41. The highest BCUT2D eigenvalue weighted by atomic mass is 16.1. The summed E-state index contributed by atoms with van der Waals surface area (Å²) in [5, 5.41) is 2.46. The second kappa shape index (κ2) is 12.3. The van der Waals surface area contributed by atoms with Crippen molar-refractivity contribution in [2.75, 3.05) is 0 Å². The number of carbonyl (C=O) groups is 2. The van der Waals surface area contributed by atoms with E-state index in [1.54, 1.807) is 12.1 Å². The zero-order valence-corrected chi connectivity index (χ0v) is 22.6. The molecule has 0 amide bonds. The Morgan fingerprint density at radius 1 is 0.684 bits per heavy atom. The van der Waals surface area contributed by atoms with E-state index in [2.05, 4.69) is 54.0 Å². The second-order valence-electron chi connectivity index (χ2n) is 10.6. The van der Waals surface area contributed by atoms with Crippen LogP contribution in [0.25, 0.3) is 10.8 Å². The summed E-state index contributed by atoms with van der Waals surface area (Å²) >= 11 is 0. The number of imidazole rings is 1. The Bertz CT molecular complexity index is 1430. The molecule has 4 nitrogen and oxygen atoms in total. The van der Waals surface area contributed by atoms with Crippen LogP contribution in [-0.4, -0.2) is 16.1 Å². The first kappa shape index (κ1) is 26.1. The fourth-order valence-corrected chi connectivity index (χ4v) is 5.85. The number of aryl methyl sites for hydroxylation is 3. The molecule has 0 aliphatic heterocycles. The van der Waals surface area contributed by atoms with Gasteiger partial charge in [-0.25, -0.2) is 9.13 Å². The van der Waals surface area contributed by atoms with Gasteiger partial charge in [-0.15, -0.1) is 0 Å². The molecule has 4 aromatic rings. The lowest BCUT2D eigenvalue weighted by molar-refractivity contribution is -0.698. The van der Waals surface area contributed by atoms with Gasteiger partial charge in [0.25, 0.3) is 0 Å². The number of unbranched alkanes of at least 4 members (excludes halogenated alkanes) is 8. The Balaban J connectivity index is 1.34. The van der Waals surface area contributed by atoms with Crippen molar-refractivity contribution in [3.63, 3.8) is 0 Å². The number of nitrogens with zero attached hydrogens (tertiary/aromatic N) is 2. The lowest BCUT2D eigenvalue weighted by atomic mass is 9.89. The van der Waals surface area contributed by atoms with Crippen molar-refractivity contribution in [1.29, 1.82) is 0 Å². The normalized spacial score (nSPS) is 12.7. The third kappa shape index (κ3) is 5.50. The molecule has 0 spiro atoms. The summed E-state index contributed by atoms with van der Waals surface area (Å²) in [6.07, 6.45) is 14.1. The largest absolute Gasteiger partial charge is 0.284 e. The van der Waals surface area contributed by atoms with Crippen LogP contribution in [0.4, 0.5) is 0 Å². The summed E-state index contributed by atoms with van der Waals surface area (Å²) in [5.74, 6) is -0.0750. The van der Waals surface area contributed by atoms with E-state index in [1.807, 2.05) is 23.0 Å². The van der Waals surface area contributed by atoms with Crippen LogP contribution >= 0.6 is 0 Å². The van der Waals surface area contributed by atoms with Crippen LogP contribution in [0.2, 0.25) is 0 Å². The van der Waals surface area contributed by atoms with Crippen LogP contribution in [0.1, 0.15) is 102 Å². The molecule has 4 heteroatoms. The predicted molar refractivity (Wildman–Crippen MR) is 153 cm³/mol. The number of fused-ring (bicyclic) bond motifs is 3. The van der Waals surface area contributed by atoms with Gasteiger partial charge in [-0.2, -0.15) is 0 Å². The van der Waals surface area contributed by atoms with E-state index in [1.165, 1.54) is 61.3 Å². The predicted octanol–water partition coefficient (Wildman–Crippen LogP) is 7.48. The van der Waals surface area contributed by atoms with E-state index < -0.39 is 0 Å². The summed E-state index contributed by atoms with van der Waals surface area (Å²) < 4.78 is 4.08. The highest BCUT2D eigenvalue weighted by Gasteiger charge is 2.40. The summed E-state index contributed by atoms with van der Waals surface area (Å²) in [7, 11) is 0. The Morgan fingerprint density at radius 2 is 1.32 bits per heavy atom. The van der Waals surface area contributed by atoms with Crippen LogP contribution in [-0.2, 0) is 19.5 Å². The van der Waals surface area contributed by atoms with E-state index in [9.17, 15) is 9.59 Å². The van der Waals surface area contributed by atoms with Crippen molar-refractivity contribution in [2.24, 2.45) is 0 Å². The van der Waals surface area contributed by atoms with Crippen LogP contribution in [0, 0.1) is 0 Å². The third-order valence-electron chi connectivity index (χ3n) is 7.93. The Kier molecular flexibility index (Phi) is 8.47. The Morgan fingerprint density at radius 3 is 2.08 bits per heavy atom. The minimum atomic E-state index is -0.0426. The molecule has 1 heterocycles. The maximum atomic E-state index is 13.6. The molecule has 0 saturated carbocycles. The van der Waals surface area contributed by atoms with E-state index in [0.717, 1.165) is 25.8 Å². The van der Waals surface area contributed by atoms with Gasteiger partial charge in [0.05, 0.1) is 13.1 Å². The molecule has 5 rings (SSSR count). The van der Waals surface area contributed by atoms with Gasteiger partial charge in [0.15, 0.2) is 0 Å². The van der Waals surface area contributed by atoms with E-state index in [0.29, 0.717) is 29.1 Å². The smallest absolute Gasteiger partial charge is 0.244 e. The first-order valence-corrected chi connectivity index (χ1v) is 14.5. The number of rotatable bonds is 13. The standard InChI is InChI=1S/C34H39N2O2/c1-2-3-4-5-6-7-8-9-14-23-35-25-36(24-22-27-18-15-17-26-16-10-11-19-28(26)27)32-31(35)33(37)29-20-12-13-21-30(29)34(32)38/h10-13,15-21,25H,2-9,14,22-24H2,1H3/q+1. The minimum Gasteiger partial charge on any atom is -0.284 e. The third-order valence-corrected chi connectivity index (χ3v) is 7.93. The Hall–Kier alpha value is -3.53. The topological polar surface area (TPSA) is 43.0 Å². The van der Waals surface area contributed by atoms with Gasteiger partial charge < -0.3 is 0 Å². The number of hydrogen-bond donors (Lipinski definition) is 0. The number of aromatic nitrogens is 2. The zero-order chi connectivity index (χ0) is 26.3. The van der Waals surface area contributed by atoms with E-state index in [-0.39, 0.29) is 11.6 Å². The monoisotopic (exact) mass is 507 g/mol. The molecule has 0 unspecified atom stereocenters. The van der Waals surface area contributed by atoms with Gasteiger partial charge in [0.1, 0.15) is 0 Å². The zero-order valence-electron chi connectivity index (χ0n) is 22.6. The van der Waals surface area contributed by atoms with Crippen molar-refractivity contribution in [3.05, 3.63) is 101 Å². The molecular weight excluding hydrogens is 468 g/mol. The molecule has 196 valence electrons. The van der Waals surface area contributed by atoms with Crippen LogP contribution < -0.4 is 4.57 Å². The fraction of sp³-hybridized carbons (Fsp3) is 0.382. The van der Waals surface area contributed by atoms with Crippen LogP contribution in [0.5, 0.6) is 0 Å². The highest BCUT2D eigenvalue weighted by molar-refractivity contribution is 6.26. The van der Waals surface area contributed by atoms with Crippen LogP contribution in [0.3, 0.4) is 0 Å². The van der Waals surface area contributed by atoms with Gasteiger partial charge >= 0.3 is 0 Å². The molecule has 1 aliphatic rings. The molecule has 3 aromatic carbocycles. The van der Waals surface area contributed by atoms with Crippen molar-refractivity contribution in [3.8, 4) is 0 Å². The molecule has 0 N–H and O–H groups in total. The molecule has 0 radical (unpaired) electrons. The second-order valence-corrected chi connectivity index (χ2v) is 10.6. The molecule has 1 aromatic heterocycles. The number of benzene rings is 3. The average molecular weight is 508 g/mol. The number of carbonyl (C=O) groups excluding carboxylic acids is 2. The highest BCUT2D eigenvalue weighted by Crippen LogP contribution is 2.27. The van der Waals surface area contributed by atoms with Crippen molar-refractivity contribution < 1.29 is 14.2 Å². The van der Waals surface area contributed by atoms with Crippen LogP contribution in [0.15, 0.2) is 73.1 Å². The van der Waals surface area contributed by atoms with Crippen molar-refractivity contribution in [1.82, 2.24) is 4.57 Å². The maximum absolute atomic E-state index is 13.6. The molecule has 38 heavy (non-hydrogen) atoms. The van der Waals surface area contributed by atoms with E-state index >= 15 is 0 Å². The fourth-order valence-electron chi connectivity index (χ4n) is 5.85. The summed E-state index contributed by atoms with van der Waals surface area (Å²) in [6.45, 7) is 3.67. The molecule has 0 fully saturated rings. The molecule has 0 atom stereocenters. The summed E-state index contributed by atoms with van der Waals surface area (Å²) in [6, 6.07) is 22.1. The first-order valence-electron chi connectivity index (χ1n) is 14.5. The molecular formula is C34H39N2O2+. The van der Waals surface area contributed by atoms with Gasteiger partial charge in [0, 0.05) is 17.5 Å². The number of ketones is 2. The first-order chi connectivity index (χ1) is 18.7. The minimum absolute atomic E-state index is 0.0324. The SMILES string of the molecule is CCCCCCCCCCC[n+]1cn(CCc2cccc3ccccc23)c2c1C(=O)c1ccccc1C2=O. The van der Waals surface area contributed by atoms with Gasteiger partial charge in [-0.05, 0) is 29.2 Å². The Labute approximate surface area is 226 Å². The lowest BCUT2D eigenvalue weighted by Gasteiger charge is -2.13. The van der Waals surface area contributed by atoms with Gasteiger partial charge in [-0.1, -0.05) is 119 Å². The van der Waals surface area contributed by atoms with Crippen molar-refractivity contribution in [2.45, 2.75) is 84.2 Å². The maximum Gasteiger partial charge on any atom is 0.244 e. The van der Waals surface area contributed by atoms with Crippen molar-refractivity contribution >= 4 is 22.3 Å². The quantitative estimate of drug-likeness (QED) is 0.122.